The van der Waals surface area contributed by atoms with E-state index >= 15 is 0 Å². The number of aromatic nitrogens is 3. The number of rotatable bonds is 5. The fourth-order valence-electron chi connectivity index (χ4n) is 3.17. The first-order valence-electron chi connectivity index (χ1n) is 9.45. The molecular formula is C23H17ClN4OS. The van der Waals surface area contributed by atoms with Crippen molar-refractivity contribution in [3.8, 4) is 17.1 Å². The Morgan fingerprint density at radius 2 is 1.73 bits per heavy atom. The minimum atomic E-state index is 0.460. The summed E-state index contributed by atoms with van der Waals surface area (Å²) in [6.45, 7) is 0.460. The average molecular weight is 433 g/mol. The molecule has 0 radical (unpaired) electrons. The highest BCUT2D eigenvalue weighted by Crippen LogP contribution is 2.29. The summed E-state index contributed by atoms with van der Waals surface area (Å²) in [5.74, 6) is 2.27. The van der Waals surface area contributed by atoms with E-state index in [1.165, 1.54) is 0 Å². The molecule has 0 spiro atoms. The van der Waals surface area contributed by atoms with E-state index in [1.807, 2.05) is 71.4 Å². The van der Waals surface area contributed by atoms with Crippen LogP contribution >= 0.6 is 23.4 Å². The zero-order valence-corrected chi connectivity index (χ0v) is 17.5. The van der Waals surface area contributed by atoms with Crippen LogP contribution in [0.4, 0.5) is 0 Å². The van der Waals surface area contributed by atoms with E-state index in [1.54, 1.807) is 11.8 Å². The first-order valence-corrected chi connectivity index (χ1v) is 10.8. The van der Waals surface area contributed by atoms with E-state index in [0.717, 1.165) is 39.1 Å². The highest BCUT2D eigenvalue weighted by molar-refractivity contribution is 7.99. The number of benzene rings is 3. The summed E-state index contributed by atoms with van der Waals surface area (Å²) < 4.78 is 7.69. The molecule has 148 valence electrons. The maximum atomic E-state index is 6.03. The second-order valence-electron chi connectivity index (χ2n) is 6.76. The SMILES string of the molecule is Clc1cccc(COc2ccc(-c3nnc4n3N=C(c3ccccc3)CS4)cc2)c1. The molecule has 3 aromatic carbocycles. The lowest BCUT2D eigenvalue weighted by Gasteiger charge is -2.14. The standard InChI is InChI=1S/C23H17ClN4OS/c24-19-8-4-5-16(13-19)14-29-20-11-9-18(10-12-20)22-25-26-23-28(22)27-21(15-30-23)17-6-2-1-3-7-17/h1-13H,14-15H2. The second-order valence-corrected chi connectivity index (χ2v) is 8.14. The molecule has 0 fully saturated rings. The highest BCUT2D eigenvalue weighted by atomic mass is 35.5. The van der Waals surface area contributed by atoms with E-state index in [2.05, 4.69) is 22.3 Å². The molecular weight excluding hydrogens is 416 g/mol. The molecule has 0 bridgehead atoms. The van der Waals surface area contributed by atoms with Crippen LogP contribution in [0.5, 0.6) is 5.75 Å². The Labute approximate surface area is 183 Å². The van der Waals surface area contributed by atoms with Gasteiger partial charge >= 0.3 is 0 Å². The van der Waals surface area contributed by atoms with Crippen LogP contribution in [0.1, 0.15) is 11.1 Å². The summed E-state index contributed by atoms with van der Waals surface area (Å²) in [4.78, 5) is 0. The molecule has 1 aromatic heterocycles. The third kappa shape index (κ3) is 3.97. The van der Waals surface area contributed by atoms with Gasteiger partial charge in [-0.3, -0.25) is 0 Å². The van der Waals surface area contributed by atoms with E-state index in [9.17, 15) is 0 Å². The van der Waals surface area contributed by atoms with Crippen molar-refractivity contribution in [3.63, 3.8) is 0 Å². The Kier molecular flexibility index (Phi) is 5.26. The zero-order chi connectivity index (χ0) is 20.3. The van der Waals surface area contributed by atoms with Gasteiger partial charge in [-0.15, -0.1) is 10.2 Å². The second kappa shape index (κ2) is 8.34. The minimum absolute atomic E-state index is 0.460. The highest BCUT2D eigenvalue weighted by Gasteiger charge is 2.20. The van der Waals surface area contributed by atoms with Crippen LogP contribution in [0, 0.1) is 0 Å². The molecule has 0 aliphatic carbocycles. The van der Waals surface area contributed by atoms with Crippen molar-refractivity contribution >= 4 is 29.1 Å². The van der Waals surface area contributed by atoms with Crippen molar-refractivity contribution in [2.45, 2.75) is 11.8 Å². The largest absolute Gasteiger partial charge is 0.489 e. The van der Waals surface area contributed by atoms with Gasteiger partial charge in [0.05, 0.1) is 5.71 Å². The van der Waals surface area contributed by atoms with Crippen LogP contribution in [-0.2, 0) is 6.61 Å². The Morgan fingerprint density at radius 1 is 0.900 bits per heavy atom. The van der Waals surface area contributed by atoms with Crippen LogP contribution in [0.3, 0.4) is 0 Å². The molecule has 1 aliphatic heterocycles. The summed E-state index contributed by atoms with van der Waals surface area (Å²) in [5, 5.41) is 15.0. The summed E-state index contributed by atoms with van der Waals surface area (Å²) in [6, 6.07) is 25.7. The molecule has 5 nitrogen and oxygen atoms in total. The first kappa shape index (κ1) is 18.9. The number of hydrogen-bond donors (Lipinski definition) is 0. The zero-order valence-electron chi connectivity index (χ0n) is 15.9. The molecule has 4 aromatic rings. The molecule has 0 saturated carbocycles. The van der Waals surface area contributed by atoms with Crippen molar-refractivity contribution in [2.24, 2.45) is 5.10 Å². The molecule has 0 amide bonds. The van der Waals surface area contributed by atoms with Crippen molar-refractivity contribution in [1.82, 2.24) is 14.9 Å². The van der Waals surface area contributed by atoms with Gasteiger partial charge < -0.3 is 4.74 Å². The molecule has 0 atom stereocenters. The maximum absolute atomic E-state index is 6.03. The fourth-order valence-corrected chi connectivity index (χ4v) is 4.22. The number of nitrogens with zero attached hydrogens (tertiary/aromatic N) is 4. The monoisotopic (exact) mass is 432 g/mol. The summed E-state index contributed by atoms with van der Waals surface area (Å²) in [7, 11) is 0. The summed E-state index contributed by atoms with van der Waals surface area (Å²) >= 11 is 7.67. The van der Waals surface area contributed by atoms with Gasteiger partial charge in [0.2, 0.25) is 5.16 Å². The molecule has 0 saturated heterocycles. The number of ether oxygens (including phenoxy) is 1. The lowest BCUT2D eigenvalue weighted by molar-refractivity contribution is 0.306. The van der Waals surface area contributed by atoms with Crippen LogP contribution < -0.4 is 4.74 Å². The van der Waals surface area contributed by atoms with Gasteiger partial charge in [-0.05, 0) is 47.5 Å². The van der Waals surface area contributed by atoms with Crippen LogP contribution in [0.25, 0.3) is 11.4 Å². The molecule has 30 heavy (non-hydrogen) atoms. The topological polar surface area (TPSA) is 52.3 Å². The summed E-state index contributed by atoms with van der Waals surface area (Å²) in [5.41, 5.74) is 4.08. The fraction of sp³-hybridized carbons (Fsp3) is 0.0870. The Balaban J connectivity index is 1.36. The molecule has 0 unspecified atom stereocenters. The lowest BCUT2D eigenvalue weighted by atomic mass is 10.1. The van der Waals surface area contributed by atoms with Crippen molar-refractivity contribution in [3.05, 3.63) is 95.0 Å². The molecule has 5 rings (SSSR count). The van der Waals surface area contributed by atoms with Crippen LogP contribution in [0.15, 0.2) is 89.1 Å². The third-order valence-electron chi connectivity index (χ3n) is 4.68. The Morgan fingerprint density at radius 3 is 2.53 bits per heavy atom. The normalized spacial score (nSPS) is 12.9. The van der Waals surface area contributed by atoms with Gasteiger partial charge in [-0.2, -0.15) is 9.78 Å². The number of fused-ring (bicyclic) bond motifs is 1. The molecule has 0 N–H and O–H groups in total. The van der Waals surface area contributed by atoms with Gasteiger partial charge in [-0.25, -0.2) is 0 Å². The van der Waals surface area contributed by atoms with Gasteiger partial charge in [0, 0.05) is 16.3 Å². The third-order valence-corrected chi connectivity index (χ3v) is 5.85. The molecule has 7 heteroatoms. The summed E-state index contributed by atoms with van der Waals surface area (Å²) in [6.07, 6.45) is 0. The van der Waals surface area contributed by atoms with Crippen LogP contribution in [0.2, 0.25) is 5.02 Å². The number of thioether (sulfide) groups is 1. The van der Waals surface area contributed by atoms with E-state index in [0.29, 0.717) is 17.5 Å². The molecule has 1 aliphatic rings. The van der Waals surface area contributed by atoms with Gasteiger partial charge in [0.25, 0.3) is 0 Å². The van der Waals surface area contributed by atoms with Crippen molar-refractivity contribution < 1.29 is 4.74 Å². The number of hydrogen-bond acceptors (Lipinski definition) is 5. The lowest BCUT2D eigenvalue weighted by Crippen LogP contribution is -2.13. The first-order chi connectivity index (χ1) is 14.8. The maximum Gasteiger partial charge on any atom is 0.212 e. The van der Waals surface area contributed by atoms with E-state index < -0.39 is 0 Å². The smallest absolute Gasteiger partial charge is 0.212 e. The van der Waals surface area contributed by atoms with Gasteiger partial charge in [0.1, 0.15) is 12.4 Å². The van der Waals surface area contributed by atoms with Crippen molar-refractivity contribution in [1.29, 1.82) is 0 Å². The van der Waals surface area contributed by atoms with E-state index in [-0.39, 0.29) is 0 Å². The minimum Gasteiger partial charge on any atom is -0.489 e. The van der Waals surface area contributed by atoms with E-state index in [4.69, 9.17) is 21.4 Å². The van der Waals surface area contributed by atoms with Gasteiger partial charge in [0.15, 0.2) is 5.82 Å². The van der Waals surface area contributed by atoms with Crippen LogP contribution in [-0.4, -0.2) is 26.3 Å². The quantitative estimate of drug-likeness (QED) is 0.415. The Bertz CT molecular complexity index is 1210. The molecule has 2 heterocycles. The average Bonchev–Trinajstić information content (AvgIpc) is 3.22. The van der Waals surface area contributed by atoms with Gasteiger partial charge in [-0.1, -0.05) is 65.8 Å². The Hall–Kier alpha value is -3.09. The predicted molar refractivity (Wildman–Crippen MR) is 120 cm³/mol. The number of halogens is 1. The van der Waals surface area contributed by atoms with Crippen molar-refractivity contribution in [2.75, 3.05) is 5.75 Å². The predicted octanol–water partition coefficient (Wildman–Crippen LogP) is 5.54.